The molecule has 0 spiro atoms. The number of carbonyl (C=O) groups excluding carboxylic acids is 1. The van der Waals surface area contributed by atoms with E-state index in [1.165, 1.54) is 12.4 Å². The predicted octanol–water partition coefficient (Wildman–Crippen LogP) is -0.157. The highest BCUT2D eigenvalue weighted by molar-refractivity contribution is 9.10. The molecule has 0 aliphatic carbocycles. The number of nitrogen functional groups attached to an aromatic ring is 1. The van der Waals surface area contributed by atoms with Crippen molar-refractivity contribution in [2.45, 2.75) is 0 Å². The summed E-state index contributed by atoms with van der Waals surface area (Å²) in [5.74, 6) is 4.40. The van der Waals surface area contributed by atoms with Gasteiger partial charge in [0.25, 0.3) is 0 Å². The van der Waals surface area contributed by atoms with Crippen molar-refractivity contribution in [3.63, 3.8) is 0 Å². The zero-order chi connectivity index (χ0) is 8.27. The van der Waals surface area contributed by atoms with Crippen LogP contribution in [-0.4, -0.2) is 15.9 Å². The first-order valence-electron chi connectivity index (χ1n) is 2.72. The number of hydrazine groups is 1. The number of hydrogen-bond acceptors (Lipinski definition) is 4. The van der Waals surface area contributed by atoms with Gasteiger partial charge in [0.2, 0.25) is 5.82 Å². The number of nitrogens with two attached hydrogens (primary N) is 1. The first kappa shape index (κ1) is 8.09. The molecule has 0 aromatic carbocycles. The molecule has 0 fully saturated rings. The summed E-state index contributed by atoms with van der Waals surface area (Å²) in [7, 11) is 0. The predicted molar refractivity (Wildman–Crippen MR) is 41.4 cm³/mol. The SMILES string of the molecule is NNC(=O)c1ncc(Br)cn1. The van der Waals surface area contributed by atoms with E-state index in [1.54, 1.807) is 0 Å². The minimum atomic E-state index is -0.502. The lowest BCUT2D eigenvalue weighted by molar-refractivity contribution is 0.0943. The maximum absolute atomic E-state index is 10.7. The summed E-state index contributed by atoms with van der Waals surface area (Å²) >= 11 is 3.13. The van der Waals surface area contributed by atoms with E-state index in [-0.39, 0.29) is 5.82 Å². The van der Waals surface area contributed by atoms with E-state index in [1.807, 2.05) is 5.43 Å². The fraction of sp³-hybridized carbons (Fsp3) is 0. The molecule has 0 atom stereocenters. The van der Waals surface area contributed by atoms with Crippen LogP contribution in [0.25, 0.3) is 0 Å². The van der Waals surface area contributed by atoms with Gasteiger partial charge < -0.3 is 0 Å². The molecule has 58 valence electrons. The number of aromatic nitrogens is 2. The number of amides is 1. The van der Waals surface area contributed by atoms with Crippen LogP contribution < -0.4 is 11.3 Å². The molecule has 0 unspecified atom stereocenters. The molecule has 0 saturated carbocycles. The quantitative estimate of drug-likeness (QED) is 0.389. The molecule has 0 aliphatic heterocycles. The van der Waals surface area contributed by atoms with Crippen molar-refractivity contribution in [1.82, 2.24) is 15.4 Å². The van der Waals surface area contributed by atoms with E-state index in [0.29, 0.717) is 4.47 Å². The molecule has 0 bridgehead atoms. The summed E-state index contributed by atoms with van der Waals surface area (Å²) in [6, 6.07) is 0. The molecule has 1 heterocycles. The molecular weight excluding hydrogens is 212 g/mol. The minimum Gasteiger partial charge on any atom is -0.287 e. The minimum absolute atomic E-state index is 0.0516. The van der Waals surface area contributed by atoms with E-state index >= 15 is 0 Å². The molecule has 1 aromatic rings. The van der Waals surface area contributed by atoms with Gasteiger partial charge in [-0.3, -0.25) is 10.2 Å². The lowest BCUT2D eigenvalue weighted by Gasteiger charge is -1.95. The molecular formula is C5H5BrN4O. The fourth-order valence-corrected chi connectivity index (χ4v) is 0.699. The Morgan fingerprint density at radius 1 is 1.55 bits per heavy atom. The van der Waals surface area contributed by atoms with Gasteiger partial charge in [0, 0.05) is 12.4 Å². The van der Waals surface area contributed by atoms with Crippen LogP contribution in [0, 0.1) is 0 Å². The van der Waals surface area contributed by atoms with Gasteiger partial charge in [-0.2, -0.15) is 0 Å². The van der Waals surface area contributed by atoms with Crippen molar-refractivity contribution in [2.75, 3.05) is 0 Å². The van der Waals surface area contributed by atoms with Crippen LogP contribution in [-0.2, 0) is 0 Å². The topological polar surface area (TPSA) is 80.9 Å². The molecule has 1 aromatic heterocycles. The molecule has 1 rings (SSSR count). The third kappa shape index (κ3) is 1.95. The average molecular weight is 217 g/mol. The summed E-state index contributed by atoms with van der Waals surface area (Å²) in [5, 5.41) is 0. The lowest BCUT2D eigenvalue weighted by atomic mass is 10.5. The molecule has 0 saturated heterocycles. The second-order valence-electron chi connectivity index (χ2n) is 1.70. The van der Waals surface area contributed by atoms with E-state index in [2.05, 4.69) is 25.9 Å². The normalized spacial score (nSPS) is 9.27. The van der Waals surface area contributed by atoms with Crippen molar-refractivity contribution < 1.29 is 4.79 Å². The zero-order valence-corrected chi connectivity index (χ0v) is 7.00. The van der Waals surface area contributed by atoms with Gasteiger partial charge in [-0.05, 0) is 15.9 Å². The van der Waals surface area contributed by atoms with Crippen molar-refractivity contribution in [3.8, 4) is 0 Å². The third-order valence-corrected chi connectivity index (χ3v) is 1.36. The third-order valence-electron chi connectivity index (χ3n) is 0.955. The number of rotatable bonds is 1. The van der Waals surface area contributed by atoms with Crippen LogP contribution in [0.5, 0.6) is 0 Å². The molecule has 6 heteroatoms. The molecule has 0 radical (unpaired) electrons. The van der Waals surface area contributed by atoms with Crippen LogP contribution >= 0.6 is 15.9 Å². The van der Waals surface area contributed by atoms with Crippen LogP contribution in [0.3, 0.4) is 0 Å². The summed E-state index contributed by atoms with van der Waals surface area (Å²) < 4.78 is 0.714. The summed E-state index contributed by atoms with van der Waals surface area (Å²) in [4.78, 5) is 18.1. The second kappa shape index (κ2) is 3.40. The van der Waals surface area contributed by atoms with Crippen molar-refractivity contribution in [1.29, 1.82) is 0 Å². The van der Waals surface area contributed by atoms with E-state index in [9.17, 15) is 4.79 Å². The van der Waals surface area contributed by atoms with Crippen molar-refractivity contribution in [3.05, 3.63) is 22.7 Å². The maximum Gasteiger partial charge on any atom is 0.302 e. The number of halogens is 1. The van der Waals surface area contributed by atoms with E-state index < -0.39 is 5.91 Å². The molecule has 0 aliphatic rings. The Hall–Kier alpha value is -1.01. The summed E-state index contributed by atoms with van der Waals surface area (Å²) in [6.45, 7) is 0. The van der Waals surface area contributed by atoms with Crippen LogP contribution in [0.1, 0.15) is 10.6 Å². The van der Waals surface area contributed by atoms with Crippen LogP contribution in [0.4, 0.5) is 0 Å². The highest BCUT2D eigenvalue weighted by Gasteiger charge is 2.04. The van der Waals surface area contributed by atoms with E-state index in [4.69, 9.17) is 5.84 Å². The molecule has 11 heavy (non-hydrogen) atoms. The molecule has 1 amide bonds. The molecule has 5 nitrogen and oxygen atoms in total. The van der Waals surface area contributed by atoms with Gasteiger partial charge in [0.1, 0.15) is 0 Å². The Kier molecular flexibility index (Phi) is 2.50. The van der Waals surface area contributed by atoms with Gasteiger partial charge in [0.05, 0.1) is 4.47 Å². The van der Waals surface area contributed by atoms with Gasteiger partial charge in [-0.1, -0.05) is 0 Å². The number of nitrogens with one attached hydrogen (secondary N) is 1. The van der Waals surface area contributed by atoms with Gasteiger partial charge in [0.15, 0.2) is 0 Å². The summed E-state index contributed by atoms with van der Waals surface area (Å²) in [6.07, 6.45) is 2.94. The average Bonchev–Trinajstić information content (AvgIpc) is 2.05. The van der Waals surface area contributed by atoms with E-state index in [0.717, 1.165) is 0 Å². The maximum atomic E-state index is 10.7. The van der Waals surface area contributed by atoms with Crippen LogP contribution in [0.15, 0.2) is 16.9 Å². The van der Waals surface area contributed by atoms with Crippen molar-refractivity contribution >= 4 is 21.8 Å². The zero-order valence-electron chi connectivity index (χ0n) is 5.41. The standard InChI is InChI=1S/C5H5BrN4O/c6-3-1-8-4(9-2-3)5(11)10-7/h1-2H,7H2,(H,10,11). The van der Waals surface area contributed by atoms with Crippen molar-refractivity contribution in [2.24, 2.45) is 5.84 Å². The Morgan fingerprint density at radius 3 is 2.55 bits per heavy atom. The first-order valence-corrected chi connectivity index (χ1v) is 3.52. The van der Waals surface area contributed by atoms with Gasteiger partial charge >= 0.3 is 5.91 Å². The molecule has 3 N–H and O–H groups in total. The first-order chi connectivity index (χ1) is 5.24. The Labute approximate surface area is 71.1 Å². The van der Waals surface area contributed by atoms with Gasteiger partial charge in [-0.25, -0.2) is 15.8 Å². The smallest absolute Gasteiger partial charge is 0.287 e. The Bertz CT molecular complexity index is 260. The number of hydrogen-bond donors (Lipinski definition) is 2. The lowest BCUT2D eigenvalue weighted by Crippen LogP contribution is -2.31. The highest BCUT2D eigenvalue weighted by atomic mass is 79.9. The van der Waals surface area contributed by atoms with Gasteiger partial charge in [-0.15, -0.1) is 0 Å². The summed E-state index contributed by atoms with van der Waals surface area (Å²) in [5.41, 5.74) is 1.92. The monoisotopic (exact) mass is 216 g/mol. The number of carbonyl (C=O) groups is 1. The Morgan fingerprint density at radius 2 is 2.09 bits per heavy atom. The second-order valence-corrected chi connectivity index (χ2v) is 2.61. The fourth-order valence-electron chi connectivity index (χ4n) is 0.494. The van der Waals surface area contributed by atoms with Crippen LogP contribution in [0.2, 0.25) is 0 Å². The highest BCUT2D eigenvalue weighted by Crippen LogP contribution is 2.03. The largest absolute Gasteiger partial charge is 0.302 e. The number of nitrogens with zero attached hydrogens (tertiary/aromatic N) is 2. The Balaban J connectivity index is 2.90.